The van der Waals surface area contributed by atoms with Gasteiger partial charge in [0.15, 0.2) is 0 Å². The second-order valence-electron chi connectivity index (χ2n) is 4.67. The number of primary amides is 1. The summed E-state index contributed by atoms with van der Waals surface area (Å²) in [6.45, 7) is 0.409. The van der Waals surface area contributed by atoms with E-state index in [1.807, 2.05) is 30.3 Å². The van der Waals surface area contributed by atoms with Crippen molar-refractivity contribution in [3.8, 4) is 0 Å². The van der Waals surface area contributed by atoms with Crippen LogP contribution in [0.4, 0.5) is 10.7 Å². The van der Waals surface area contributed by atoms with Gasteiger partial charge in [-0.25, -0.2) is 9.86 Å². The minimum Gasteiger partial charge on any atom is -0.445 e. The van der Waals surface area contributed by atoms with Crippen molar-refractivity contribution < 1.29 is 19.2 Å². The number of carbonyl (C=O) groups excluding carboxylic acids is 2. The molecule has 3 N–H and O–H groups in total. The van der Waals surface area contributed by atoms with Crippen molar-refractivity contribution in [2.75, 3.05) is 11.4 Å². The summed E-state index contributed by atoms with van der Waals surface area (Å²) in [4.78, 5) is 23.4. The van der Waals surface area contributed by atoms with Crippen LogP contribution in [0, 0.1) is 0 Å². The first-order valence-electron chi connectivity index (χ1n) is 6.70. The maximum absolute atomic E-state index is 11.2. The van der Waals surface area contributed by atoms with Gasteiger partial charge in [0.05, 0.1) is 13.1 Å². The van der Waals surface area contributed by atoms with E-state index in [9.17, 15) is 14.8 Å². The molecule has 0 unspecified atom stereocenters. The number of hydrogen-bond acceptors (Lipinski definition) is 4. The number of nitrogens with two attached hydrogens (primary N) is 1. The molecule has 1 aromatic carbocycles. The number of amides is 3. The molecular weight excluding hydrogens is 286 g/mol. The third kappa shape index (κ3) is 4.10. The molecule has 0 saturated heterocycles. The molecule has 0 fully saturated rings. The van der Waals surface area contributed by atoms with Crippen LogP contribution >= 0.6 is 0 Å². The fourth-order valence-electron chi connectivity index (χ4n) is 1.93. The van der Waals surface area contributed by atoms with E-state index >= 15 is 0 Å². The van der Waals surface area contributed by atoms with Gasteiger partial charge in [-0.15, -0.1) is 0 Å². The van der Waals surface area contributed by atoms with E-state index in [1.54, 1.807) is 12.1 Å². The number of urea groups is 1. The van der Waals surface area contributed by atoms with Gasteiger partial charge in [-0.05, 0) is 11.6 Å². The normalized spacial score (nSPS) is 10.2. The largest absolute Gasteiger partial charge is 0.445 e. The molecule has 2 aromatic rings. The highest BCUT2D eigenvalue weighted by Crippen LogP contribution is 2.20. The molecule has 1 aromatic heterocycles. The lowest BCUT2D eigenvalue weighted by molar-refractivity contribution is -0.107. The van der Waals surface area contributed by atoms with E-state index in [4.69, 9.17) is 10.2 Å². The summed E-state index contributed by atoms with van der Waals surface area (Å²) in [6, 6.07) is 11.9. The molecule has 0 atom stereocenters. The highest BCUT2D eigenvalue weighted by atomic mass is 16.5. The van der Waals surface area contributed by atoms with Crippen LogP contribution in [0.25, 0.3) is 0 Å². The molecule has 22 heavy (non-hydrogen) atoms. The van der Waals surface area contributed by atoms with E-state index in [-0.39, 0.29) is 13.0 Å². The zero-order valence-corrected chi connectivity index (χ0v) is 11.9. The third-order valence-corrected chi connectivity index (χ3v) is 3.08. The van der Waals surface area contributed by atoms with E-state index in [0.29, 0.717) is 29.7 Å². The van der Waals surface area contributed by atoms with E-state index in [0.717, 1.165) is 5.56 Å². The summed E-state index contributed by atoms with van der Waals surface area (Å²) in [5.74, 6) is 0.938. The fourth-order valence-corrected chi connectivity index (χ4v) is 1.93. The molecule has 7 nitrogen and oxygen atoms in total. The summed E-state index contributed by atoms with van der Waals surface area (Å²) >= 11 is 0. The molecule has 3 amide bonds. The van der Waals surface area contributed by atoms with Gasteiger partial charge in [0, 0.05) is 12.5 Å². The van der Waals surface area contributed by atoms with E-state index < -0.39 is 6.03 Å². The Balaban J connectivity index is 1.99. The number of hydroxylamine groups is 2. The van der Waals surface area contributed by atoms with Gasteiger partial charge in [-0.3, -0.25) is 14.9 Å². The Labute approximate surface area is 127 Å². The Bertz CT molecular complexity index is 627. The maximum Gasteiger partial charge on any atom is 0.338 e. The van der Waals surface area contributed by atoms with Crippen LogP contribution in [0.3, 0.4) is 0 Å². The minimum absolute atomic E-state index is 0.0159. The predicted octanol–water partition coefficient (Wildman–Crippen LogP) is 1.75. The molecule has 0 spiro atoms. The van der Waals surface area contributed by atoms with Crippen molar-refractivity contribution >= 4 is 18.3 Å². The summed E-state index contributed by atoms with van der Waals surface area (Å²) in [7, 11) is 0. The Morgan fingerprint density at radius 1 is 1.23 bits per heavy atom. The zero-order valence-electron chi connectivity index (χ0n) is 11.9. The van der Waals surface area contributed by atoms with Crippen molar-refractivity contribution in [2.24, 2.45) is 5.73 Å². The molecule has 2 rings (SSSR count). The second kappa shape index (κ2) is 7.28. The molecule has 0 aliphatic rings. The number of nitrogens with zero attached hydrogens (tertiary/aromatic N) is 2. The van der Waals surface area contributed by atoms with Crippen LogP contribution < -0.4 is 10.6 Å². The van der Waals surface area contributed by atoms with Crippen molar-refractivity contribution in [1.82, 2.24) is 5.06 Å². The van der Waals surface area contributed by atoms with Crippen molar-refractivity contribution in [3.63, 3.8) is 0 Å². The first kappa shape index (κ1) is 15.6. The highest BCUT2D eigenvalue weighted by molar-refractivity contribution is 5.72. The van der Waals surface area contributed by atoms with Gasteiger partial charge in [0.1, 0.15) is 5.76 Å². The smallest absolute Gasteiger partial charge is 0.338 e. The lowest BCUT2D eigenvalue weighted by Crippen LogP contribution is -2.34. The maximum atomic E-state index is 11.2. The first-order chi connectivity index (χ1) is 10.6. The lowest BCUT2D eigenvalue weighted by atomic mass is 10.2. The fraction of sp³-hybridized carbons (Fsp3) is 0.200. The highest BCUT2D eigenvalue weighted by Gasteiger charge is 2.12. The Kier molecular flexibility index (Phi) is 5.16. The lowest BCUT2D eigenvalue weighted by Gasteiger charge is -2.14. The second-order valence-corrected chi connectivity index (χ2v) is 4.67. The van der Waals surface area contributed by atoms with Crippen LogP contribution in [0.1, 0.15) is 11.3 Å². The predicted molar refractivity (Wildman–Crippen MR) is 79.2 cm³/mol. The van der Waals surface area contributed by atoms with Gasteiger partial charge in [0.25, 0.3) is 0 Å². The standard InChI is InChI=1S/C15H17N3O4/c16-15(20)18(21)9-8-13-6-7-14(22-13)17(11-19)10-12-4-2-1-3-5-12/h1-7,11,21H,8-10H2,(H2,16,20). The van der Waals surface area contributed by atoms with E-state index in [1.165, 1.54) is 4.90 Å². The summed E-state index contributed by atoms with van der Waals surface area (Å²) in [6.07, 6.45) is 0.981. The van der Waals surface area contributed by atoms with Crippen LogP contribution in [-0.2, 0) is 17.8 Å². The molecule has 7 heteroatoms. The number of anilines is 1. The topological polar surface area (TPSA) is 100 Å². The van der Waals surface area contributed by atoms with Gasteiger partial charge >= 0.3 is 6.03 Å². The van der Waals surface area contributed by atoms with Gasteiger partial charge in [-0.2, -0.15) is 0 Å². The Morgan fingerprint density at radius 2 is 1.95 bits per heavy atom. The van der Waals surface area contributed by atoms with Gasteiger partial charge < -0.3 is 10.2 Å². The summed E-state index contributed by atoms with van der Waals surface area (Å²) in [5, 5.41) is 9.60. The van der Waals surface area contributed by atoms with Crippen LogP contribution in [0.5, 0.6) is 0 Å². The molecule has 0 radical (unpaired) electrons. The van der Waals surface area contributed by atoms with Crippen molar-refractivity contribution in [2.45, 2.75) is 13.0 Å². The summed E-state index contributed by atoms with van der Waals surface area (Å²) in [5.41, 5.74) is 5.89. The van der Waals surface area contributed by atoms with E-state index in [2.05, 4.69) is 0 Å². The number of rotatable bonds is 7. The SMILES string of the molecule is NC(=O)N(O)CCc1ccc(N(C=O)Cc2ccccc2)o1. The Hall–Kier alpha value is -2.80. The molecular formula is C15H17N3O4. The first-order valence-corrected chi connectivity index (χ1v) is 6.70. The monoisotopic (exact) mass is 303 g/mol. The number of hydrogen-bond donors (Lipinski definition) is 2. The minimum atomic E-state index is -0.926. The number of carbonyl (C=O) groups is 2. The average molecular weight is 303 g/mol. The van der Waals surface area contributed by atoms with Crippen molar-refractivity contribution in [3.05, 3.63) is 53.8 Å². The Morgan fingerprint density at radius 3 is 2.59 bits per heavy atom. The van der Waals surface area contributed by atoms with Crippen molar-refractivity contribution in [1.29, 1.82) is 0 Å². The average Bonchev–Trinajstić information content (AvgIpc) is 3.00. The zero-order chi connectivity index (χ0) is 15.9. The quantitative estimate of drug-likeness (QED) is 0.462. The van der Waals surface area contributed by atoms with Crippen LogP contribution in [0.2, 0.25) is 0 Å². The molecule has 1 heterocycles. The molecule has 0 aliphatic carbocycles. The third-order valence-electron chi connectivity index (χ3n) is 3.08. The molecule has 116 valence electrons. The van der Waals surface area contributed by atoms with Crippen LogP contribution in [0.15, 0.2) is 46.9 Å². The molecule has 0 aliphatic heterocycles. The van der Waals surface area contributed by atoms with Gasteiger partial charge in [-0.1, -0.05) is 30.3 Å². The summed E-state index contributed by atoms with van der Waals surface area (Å²) < 4.78 is 5.54. The molecule has 0 saturated carbocycles. The molecule has 0 bridgehead atoms. The number of furan rings is 1. The van der Waals surface area contributed by atoms with Gasteiger partial charge in [0.2, 0.25) is 12.3 Å². The van der Waals surface area contributed by atoms with Crippen LogP contribution in [-0.4, -0.2) is 29.3 Å². The number of benzene rings is 1.